The molecule has 1 aromatic heterocycles. The maximum atomic E-state index is 13.4. The van der Waals surface area contributed by atoms with Gasteiger partial charge in [0.1, 0.15) is 5.82 Å². The summed E-state index contributed by atoms with van der Waals surface area (Å²) in [5.74, 6) is 0.282. The van der Waals surface area contributed by atoms with E-state index in [2.05, 4.69) is 15.5 Å². The monoisotopic (exact) mass is 336 g/mol. The Labute approximate surface area is 144 Å². The molecule has 1 aliphatic heterocycles. The van der Waals surface area contributed by atoms with Crippen molar-refractivity contribution in [1.82, 2.24) is 15.1 Å². The summed E-state index contributed by atoms with van der Waals surface area (Å²) in [7, 11) is 0. The summed E-state index contributed by atoms with van der Waals surface area (Å²) in [6.45, 7) is 1.07. The molecule has 2 N–H and O–H groups in total. The Balaban J connectivity index is 1.46. The predicted octanol–water partition coefficient (Wildman–Crippen LogP) is 4.02. The normalized spacial score (nSPS) is 14.4. The van der Waals surface area contributed by atoms with E-state index in [1.807, 2.05) is 36.4 Å². The Morgan fingerprint density at radius 2 is 2.08 bits per heavy atom. The van der Waals surface area contributed by atoms with E-state index >= 15 is 0 Å². The minimum atomic E-state index is -0.246. The van der Waals surface area contributed by atoms with Gasteiger partial charge in [-0.25, -0.2) is 9.18 Å². The van der Waals surface area contributed by atoms with Crippen molar-refractivity contribution < 1.29 is 9.18 Å². The number of para-hydroxylation sites is 1. The van der Waals surface area contributed by atoms with Crippen LogP contribution in [-0.2, 0) is 0 Å². The Hall–Kier alpha value is -3.15. The molecule has 3 aromatic rings. The molecule has 0 atom stereocenters. The third-order valence-corrected chi connectivity index (χ3v) is 4.39. The Morgan fingerprint density at radius 3 is 2.88 bits per heavy atom. The van der Waals surface area contributed by atoms with E-state index in [0.29, 0.717) is 25.3 Å². The van der Waals surface area contributed by atoms with Gasteiger partial charge in [0.2, 0.25) is 0 Å². The number of aromatic nitrogens is 2. The predicted molar refractivity (Wildman–Crippen MR) is 95.7 cm³/mol. The van der Waals surface area contributed by atoms with Gasteiger partial charge in [-0.05, 0) is 41.8 Å². The van der Waals surface area contributed by atoms with E-state index in [0.717, 1.165) is 22.0 Å². The fourth-order valence-electron chi connectivity index (χ4n) is 3.04. The Morgan fingerprint density at radius 1 is 1.20 bits per heavy atom. The molecule has 0 fully saturated rings. The summed E-state index contributed by atoms with van der Waals surface area (Å²) in [6.07, 6.45) is 2.67. The molecular weight excluding hydrogens is 319 g/mol. The Bertz CT molecular complexity index is 963. The number of H-pyrrole nitrogens is 1. The number of hydrogen-bond donors (Lipinski definition) is 2. The van der Waals surface area contributed by atoms with Crippen LogP contribution in [0.5, 0.6) is 0 Å². The fraction of sp³-hybridized carbons (Fsp3) is 0.158. The fourth-order valence-corrected chi connectivity index (χ4v) is 3.04. The third-order valence-electron chi connectivity index (χ3n) is 4.39. The lowest BCUT2D eigenvalue weighted by molar-refractivity contribution is 0.217. The van der Waals surface area contributed by atoms with Gasteiger partial charge in [-0.3, -0.25) is 10.4 Å². The second-order valence-corrected chi connectivity index (χ2v) is 5.98. The maximum Gasteiger partial charge on any atom is 0.323 e. The molecular formula is C19H17FN4O. The van der Waals surface area contributed by atoms with Gasteiger partial charge in [-0.2, -0.15) is 5.10 Å². The molecule has 6 heteroatoms. The van der Waals surface area contributed by atoms with E-state index in [1.165, 1.54) is 12.1 Å². The van der Waals surface area contributed by atoms with Crippen molar-refractivity contribution in [2.45, 2.75) is 6.42 Å². The van der Waals surface area contributed by atoms with Crippen LogP contribution in [0.1, 0.15) is 12.0 Å². The number of fused-ring (bicyclic) bond motifs is 1. The SMILES string of the molecule is O=C(Nc1n[nH]c2ccccc12)N1CC=C(c2cccc(F)c2)CC1. The minimum Gasteiger partial charge on any atom is -0.320 e. The van der Waals surface area contributed by atoms with Crippen molar-refractivity contribution in [2.24, 2.45) is 0 Å². The Kier molecular flexibility index (Phi) is 3.93. The lowest BCUT2D eigenvalue weighted by Gasteiger charge is -2.26. The number of benzene rings is 2. The average Bonchev–Trinajstić information content (AvgIpc) is 3.05. The van der Waals surface area contributed by atoms with Gasteiger partial charge >= 0.3 is 6.03 Å². The van der Waals surface area contributed by atoms with Crippen molar-refractivity contribution >= 4 is 28.3 Å². The van der Waals surface area contributed by atoms with E-state index in [9.17, 15) is 9.18 Å². The molecule has 2 aromatic carbocycles. The number of halogens is 1. The number of carbonyl (C=O) groups is 1. The van der Waals surface area contributed by atoms with Crippen LogP contribution in [0, 0.1) is 5.82 Å². The van der Waals surface area contributed by atoms with Crippen molar-refractivity contribution in [3.05, 3.63) is 66.0 Å². The maximum absolute atomic E-state index is 13.4. The summed E-state index contributed by atoms with van der Waals surface area (Å²) in [5, 5.41) is 10.8. The van der Waals surface area contributed by atoms with Gasteiger partial charge in [0, 0.05) is 18.5 Å². The molecule has 0 saturated carbocycles. The number of urea groups is 1. The summed E-state index contributed by atoms with van der Waals surface area (Å²) < 4.78 is 13.4. The van der Waals surface area contributed by atoms with E-state index in [4.69, 9.17) is 0 Å². The van der Waals surface area contributed by atoms with Crippen molar-refractivity contribution in [2.75, 3.05) is 18.4 Å². The molecule has 0 aliphatic carbocycles. The molecule has 1 aliphatic rings. The highest BCUT2D eigenvalue weighted by Gasteiger charge is 2.19. The number of hydrogen-bond acceptors (Lipinski definition) is 2. The molecule has 4 rings (SSSR count). The van der Waals surface area contributed by atoms with Crippen LogP contribution in [0.2, 0.25) is 0 Å². The molecule has 0 bridgehead atoms. The lowest BCUT2D eigenvalue weighted by atomic mass is 9.99. The first-order valence-electron chi connectivity index (χ1n) is 8.15. The first kappa shape index (κ1) is 15.4. The average molecular weight is 336 g/mol. The highest BCUT2D eigenvalue weighted by Crippen LogP contribution is 2.24. The molecule has 2 amide bonds. The van der Waals surface area contributed by atoms with Gasteiger partial charge in [0.15, 0.2) is 5.82 Å². The van der Waals surface area contributed by atoms with Gasteiger partial charge in [-0.15, -0.1) is 0 Å². The number of aromatic amines is 1. The topological polar surface area (TPSA) is 61.0 Å². The van der Waals surface area contributed by atoms with Gasteiger partial charge < -0.3 is 4.90 Å². The standard InChI is InChI=1S/C19H17FN4O/c20-15-5-3-4-14(12-15)13-8-10-24(11-9-13)19(25)21-18-16-6-1-2-7-17(16)22-23-18/h1-8,12H,9-11H2,(H2,21,22,23,25). The highest BCUT2D eigenvalue weighted by atomic mass is 19.1. The van der Waals surface area contributed by atoms with Crippen LogP contribution in [0.25, 0.3) is 16.5 Å². The van der Waals surface area contributed by atoms with Crippen LogP contribution in [0.3, 0.4) is 0 Å². The zero-order valence-electron chi connectivity index (χ0n) is 13.5. The van der Waals surface area contributed by atoms with Gasteiger partial charge in [0.25, 0.3) is 0 Å². The molecule has 0 saturated heterocycles. The van der Waals surface area contributed by atoms with Crippen LogP contribution in [-0.4, -0.2) is 34.2 Å². The quantitative estimate of drug-likeness (QED) is 0.742. The second kappa shape index (κ2) is 6.39. The van der Waals surface area contributed by atoms with E-state index < -0.39 is 0 Å². The molecule has 126 valence electrons. The number of anilines is 1. The van der Waals surface area contributed by atoms with E-state index in [1.54, 1.807) is 11.0 Å². The van der Waals surface area contributed by atoms with Crippen LogP contribution in [0.4, 0.5) is 15.0 Å². The van der Waals surface area contributed by atoms with Crippen LogP contribution in [0.15, 0.2) is 54.6 Å². The largest absolute Gasteiger partial charge is 0.323 e. The van der Waals surface area contributed by atoms with Crippen molar-refractivity contribution in [3.8, 4) is 0 Å². The number of carbonyl (C=O) groups excluding carboxylic acids is 1. The molecule has 5 nitrogen and oxygen atoms in total. The number of nitrogens with one attached hydrogen (secondary N) is 2. The molecule has 0 unspecified atom stereocenters. The summed E-state index contributed by atoms with van der Waals surface area (Å²) >= 11 is 0. The number of amides is 2. The lowest BCUT2D eigenvalue weighted by Crippen LogP contribution is -2.38. The van der Waals surface area contributed by atoms with Crippen LogP contribution >= 0.6 is 0 Å². The summed E-state index contributed by atoms with van der Waals surface area (Å²) in [6, 6.07) is 14.0. The van der Waals surface area contributed by atoms with Crippen molar-refractivity contribution in [1.29, 1.82) is 0 Å². The smallest absolute Gasteiger partial charge is 0.320 e. The molecule has 25 heavy (non-hydrogen) atoms. The van der Waals surface area contributed by atoms with Crippen LogP contribution < -0.4 is 5.32 Å². The molecule has 0 spiro atoms. The van der Waals surface area contributed by atoms with Gasteiger partial charge in [-0.1, -0.05) is 30.3 Å². The zero-order chi connectivity index (χ0) is 17.2. The zero-order valence-corrected chi connectivity index (χ0v) is 13.5. The highest BCUT2D eigenvalue weighted by molar-refractivity contribution is 5.99. The van der Waals surface area contributed by atoms with Crippen molar-refractivity contribution in [3.63, 3.8) is 0 Å². The van der Waals surface area contributed by atoms with Gasteiger partial charge in [0.05, 0.1) is 5.52 Å². The number of nitrogens with zero attached hydrogens (tertiary/aromatic N) is 2. The first-order valence-corrected chi connectivity index (χ1v) is 8.15. The molecule has 0 radical (unpaired) electrons. The first-order chi connectivity index (χ1) is 12.2. The second-order valence-electron chi connectivity index (χ2n) is 5.98. The number of rotatable bonds is 2. The summed E-state index contributed by atoms with van der Waals surface area (Å²) in [5.41, 5.74) is 2.82. The summed E-state index contributed by atoms with van der Waals surface area (Å²) in [4.78, 5) is 14.2. The minimum absolute atomic E-state index is 0.188. The van der Waals surface area contributed by atoms with E-state index in [-0.39, 0.29) is 11.8 Å². The third kappa shape index (κ3) is 3.10. The molecule has 2 heterocycles.